The first-order valence-corrected chi connectivity index (χ1v) is 7.45. The van der Waals surface area contributed by atoms with Crippen LogP contribution in [0, 0.1) is 23.2 Å². The molecular formula is C17H21NO2. The Hall–Kier alpha value is -1.35. The van der Waals surface area contributed by atoms with E-state index in [-0.39, 0.29) is 17.4 Å². The minimum Gasteiger partial charge on any atom is -0.387 e. The van der Waals surface area contributed by atoms with Crippen molar-refractivity contribution in [2.75, 3.05) is 0 Å². The number of hydrogen-bond acceptors (Lipinski definition) is 3. The van der Waals surface area contributed by atoms with Crippen molar-refractivity contribution < 1.29 is 9.94 Å². The molecule has 0 amide bonds. The third kappa shape index (κ3) is 1.32. The highest BCUT2D eigenvalue weighted by Crippen LogP contribution is 2.67. The van der Waals surface area contributed by atoms with E-state index in [1.807, 2.05) is 25.1 Å². The zero-order valence-corrected chi connectivity index (χ0v) is 12.2. The molecular weight excluding hydrogens is 250 g/mol. The van der Waals surface area contributed by atoms with Crippen molar-refractivity contribution in [3.05, 3.63) is 35.9 Å². The van der Waals surface area contributed by atoms with Gasteiger partial charge in [0.2, 0.25) is 0 Å². The topological polar surface area (TPSA) is 41.8 Å². The Bertz CT molecular complexity index is 576. The first kappa shape index (κ1) is 12.4. The summed E-state index contributed by atoms with van der Waals surface area (Å²) in [6.07, 6.45) is 1.04. The summed E-state index contributed by atoms with van der Waals surface area (Å²) in [5.74, 6) is 1.07. The number of hydrogen-bond donors (Lipinski definition) is 1. The fraction of sp³-hybridized carbons (Fsp3) is 0.588. The van der Waals surface area contributed by atoms with Gasteiger partial charge in [-0.3, -0.25) is 0 Å². The van der Waals surface area contributed by atoms with E-state index in [1.54, 1.807) is 0 Å². The number of oxime groups is 1. The van der Waals surface area contributed by atoms with Crippen molar-refractivity contribution in [2.45, 2.75) is 38.9 Å². The maximum absolute atomic E-state index is 10.9. The van der Waals surface area contributed by atoms with Crippen LogP contribution in [0.5, 0.6) is 0 Å². The monoisotopic (exact) mass is 271 g/mol. The molecule has 3 heteroatoms. The molecule has 3 nitrogen and oxygen atoms in total. The second-order valence-corrected chi connectivity index (χ2v) is 7.30. The predicted molar refractivity (Wildman–Crippen MR) is 77.2 cm³/mol. The van der Waals surface area contributed by atoms with E-state index in [0.29, 0.717) is 11.8 Å². The van der Waals surface area contributed by atoms with E-state index in [4.69, 9.17) is 4.84 Å². The fourth-order valence-corrected chi connectivity index (χ4v) is 4.83. The summed E-state index contributed by atoms with van der Waals surface area (Å²) in [6, 6.07) is 10.3. The van der Waals surface area contributed by atoms with Crippen LogP contribution in [0.2, 0.25) is 0 Å². The van der Waals surface area contributed by atoms with Gasteiger partial charge in [-0.25, -0.2) is 0 Å². The van der Waals surface area contributed by atoms with E-state index < -0.39 is 5.60 Å². The second-order valence-electron chi connectivity index (χ2n) is 7.30. The zero-order valence-electron chi connectivity index (χ0n) is 12.2. The molecule has 106 valence electrons. The quantitative estimate of drug-likeness (QED) is 0.852. The number of rotatable bonds is 1. The minimum atomic E-state index is -0.827. The van der Waals surface area contributed by atoms with Gasteiger partial charge >= 0.3 is 0 Å². The average Bonchev–Trinajstić information content (AvgIpc) is 2.84. The largest absolute Gasteiger partial charge is 0.387 e. The molecule has 5 rings (SSSR count). The summed E-state index contributed by atoms with van der Waals surface area (Å²) < 4.78 is 0. The molecule has 20 heavy (non-hydrogen) atoms. The van der Waals surface area contributed by atoms with E-state index in [2.05, 4.69) is 31.1 Å². The van der Waals surface area contributed by atoms with Gasteiger partial charge in [0, 0.05) is 0 Å². The molecule has 3 fully saturated rings. The number of aliphatic hydroxyl groups is 1. The van der Waals surface area contributed by atoms with Crippen molar-refractivity contribution in [3.63, 3.8) is 0 Å². The lowest BCUT2D eigenvalue weighted by Gasteiger charge is -2.64. The van der Waals surface area contributed by atoms with E-state index in [0.717, 1.165) is 17.7 Å². The normalized spacial score (nSPS) is 44.1. The highest BCUT2D eigenvalue weighted by Gasteiger charge is 2.69. The van der Waals surface area contributed by atoms with Crippen molar-refractivity contribution in [1.29, 1.82) is 0 Å². The van der Waals surface area contributed by atoms with Crippen molar-refractivity contribution in [2.24, 2.45) is 28.3 Å². The molecule has 2 bridgehead atoms. The van der Waals surface area contributed by atoms with Gasteiger partial charge in [0.1, 0.15) is 5.60 Å². The first-order valence-electron chi connectivity index (χ1n) is 7.45. The first-order chi connectivity index (χ1) is 9.44. The van der Waals surface area contributed by atoms with Gasteiger partial charge in [0.05, 0.1) is 11.6 Å². The number of benzene rings is 1. The molecule has 1 aromatic carbocycles. The van der Waals surface area contributed by atoms with Gasteiger partial charge in [0.25, 0.3) is 0 Å². The maximum atomic E-state index is 10.9. The molecule has 0 radical (unpaired) electrons. The Labute approximate surface area is 119 Å². The van der Waals surface area contributed by atoms with Gasteiger partial charge in [-0.2, -0.15) is 0 Å². The van der Waals surface area contributed by atoms with E-state index in [9.17, 15) is 5.11 Å². The van der Waals surface area contributed by atoms with Crippen LogP contribution in [0.15, 0.2) is 35.5 Å². The van der Waals surface area contributed by atoms with Crippen LogP contribution in [-0.4, -0.2) is 16.4 Å². The molecule has 0 aromatic heterocycles. The smallest absolute Gasteiger partial charge is 0.161 e. The van der Waals surface area contributed by atoms with Gasteiger partial charge in [-0.05, 0) is 36.2 Å². The van der Waals surface area contributed by atoms with Crippen molar-refractivity contribution in [3.8, 4) is 0 Å². The molecule has 5 atom stereocenters. The van der Waals surface area contributed by atoms with Crippen LogP contribution < -0.4 is 0 Å². The van der Waals surface area contributed by atoms with Gasteiger partial charge in [0.15, 0.2) is 6.10 Å². The van der Waals surface area contributed by atoms with Gasteiger partial charge < -0.3 is 9.94 Å². The van der Waals surface area contributed by atoms with Crippen LogP contribution in [0.1, 0.15) is 38.9 Å². The molecule has 1 aliphatic heterocycles. The molecule has 4 aliphatic rings. The molecule has 1 N–H and O–H groups in total. The molecule has 1 heterocycles. The summed E-state index contributed by atoms with van der Waals surface area (Å²) in [4.78, 5) is 5.74. The highest BCUT2D eigenvalue weighted by atomic mass is 16.6. The van der Waals surface area contributed by atoms with Gasteiger partial charge in [-0.15, -0.1) is 0 Å². The lowest BCUT2D eigenvalue weighted by molar-refractivity contribution is -0.162. The zero-order chi connectivity index (χ0) is 14.1. The second kappa shape index (κ2) is 3.64. The lowest BCUT2D eigenvalue weighted by atomic mass is 9.40. The van der Waals surface area contributed by atoms with Crippen molar-refractivity contribution in [1.82, 2.24) is 0 Å². The van der Waals surface area contributed by atoms with Crippen molar-refractivity contribution >= 4 is 5.71 Å². The Balaban J connectivity index is 1.77. The van der Waals surface area contributed by atoms with Crippen LogP contribution in [0.25, 0.3) is 0 Å². The third-order valence-corrected chi connectivity index (χ3v) is 6.01. The lowest BCUT2D eigenvalue weighted by Crippen LogP contribution is -2.68. The Morgan fingerprint density at radius 1 is 1.20 bits per heavy atom. The van der Waals surface area contributed by atoms with E-state index in [1.165, 1.54) is 0 Å². The predicted octanol–water partition coefficient (Wildman–Crippen LogP) is 3.16. The summed E-state index contributed by atoms with van der Waals surface area (Å²) in [5.41, 5.74) is 1.36. The SMILES string of the molecule is CC1(C)[C@@H]2C[C@H]1[C@@](C)(O)C1=NOC(c3ccccc3)C12. The summed E-state index contributed by atoms with van der Waals surface area (Å²) in [5, 5.41) is 15.2. The van der Waals surface area contributed by atoms with Crippen LogP contribution >= 0.6 is 0 Å². The summed E-state index contributed by atoms with van der Waals surface area (Å²) in [7, 11) is 0. The van der Waals surface area contributed by atoms with E-state index >= 15 is 0 Å². The van der Waals surface area contributed by atoms with Crippen LogP contribution in [-0.2, 0) is 4.84 Å². The molecule has 3 saturated carbocycles. The average molecular weight is 271 g/mol. The minimum absolute atomic E-state index is 0.0387. The standard InChI is InChI=1S/C17H21NO2/c1-16(2)11-9-12(16)17(3,19)15-13(11)14(20-18-15)10-7-5-4-6-8-10/h4-8,11-14,19H,9H2,1-3H3/t11-,12-,13?,14?,17-/m1/s1. The maximum Gasteiger partial charge on any atom is 0.161 e. The molecule has 0 spiro atoms. The van der Waals surface area contributed by atoms with Crippen LogP contribution in [0.3, 0.4) is 0 Å². The molecule has 3 aliphatic carbocycles. The van der Waals surface area contributed by atoms with Gasteiger partial charge in [-0.1, -0.05) is 49.3 Å². The summed E-state index contributed by atoms with van der Waals surface area (Å²) in [6.45, 7) is 6.46. The third-order valence-electron chi connectivity index (χ3n) is 6.01. The number of nitrogens with zero attached hydrogens (tertiary/aromatic N) is 1. The highest BCUT2D eigenvalue weighted by molar-refractivity contribution is 5.97. The molecule has 0 saturated heterocycles. The molecule has 2 unspecified atom stereocenters. The Morgan fingerprint density at radius 2 is 1.90 bits per heavy atom. The summed E-state index contributed by atoms with van der Waals surface area (Å²) >= 11 is 0. The Kier molecular flexibility index (Phi) is 2.26. The Morgan fingerprint density at radius 3 is 2.55 bits per heavy atom. The fourth-order valence-electron chi connectivity index (χ4n) is 4.83. The molecule has 1 aromatic rings. The van der Waals surface area contributed by atoms with Crippen LogP contribution in [0.4, 0.5) is 0 Å².